The first-order chi connectivity index (χ1) is 13.5. The zero-order chi connectivity index (χ0) is 21.9. The Balaban J connectivity index is 2.22. The van der Waals surface area contributed by atoms with Gasteiger partial charge in [0.15, 0.2) is 9.84 Å². The van der Waals surface area contributed by atoms with Gasteiger partial charge in [0.2, 0.25) is 0 Å². The summed E-state index contributed by atoms with van der Waals surface area (Å²) in [6, 6.07) is 6.28. The highest BCUT2D eigenvalue weighted by Crippen LogP contribution is 2.32. The van der Waals surface area contributed by atoms with Crippen molar-refractivity contribution >= 4 is 21.2 Å². The molecule has 0 aliphatic carbocycles. The Morgan fingerprint density at radius 2 is 1.17 bits per heavy atom. The van der Waals surface area contributed by atoms with Crippen LogP contribution in [0.4, 0.5) is 11.4 Å². The first-order valence-corrected chi connectivity index (χ1v) is 10.8. The topological polar surface area (TPSA) is 145 Å². The predicted octanol–water partition coefficient (Wildman–Crippen LogP) is 1.67. The van der Waals surface area contributed by atoms with E-state index < -0.39 is 33.6 Å². The van der Waals surface area contributed by atoms with E-state index in [1.54, 1.807) is 26.0 Å². The van der Waals surface area contributed by atoms with Gasteiger partial charge in [0.1, 0.15) is 11.5 Å². The molecule has 2 unspecified atom stereocenters. The highest BCUT2D eigenvalue weighted by atomic mass is 32.2. The normalized spacial score (nSPS) is 13.7. The summed E-state index contributed by atoms with van der Waals surface area (Å²) in [6.45, 7) is 3.44. The molecular weight excluding hydrogens is 396 g/mol. The van der Waals surface area contributed by atoms with E-state index in [2.05, 4.69) is 0 Å². The molecule has 0 aromatic heterocycles. The van der Waals surface area contributed by atoms with Crippen molar-refractivity contribution in [3.05, 3.63) is 46.5 Å². The molecule has 2 aromatic carbocycles. The number of aliphatic hydroxyl groups is 2. The number of benzene rings is 2. The quantitative estimate of drug-likeness (QED) is 0.468. The lowest BCUT2D eigenvalue weighted by atomic mass is 10.0. The molecule has 0 aliphatic heterocycles. The lowest BCUT2D eigenvalue weighted by molar-refractivity contribution is 0.193. The van der Waals surface area contributed by atoms with Gasteiger partial charge >= 0.3 is 0 Å². The number of nitrogen functional groups attached to an aromatic ring is 2. The molecule has 0 spiro atoms. The Labute approximate surface area is 171 Å². The number of ether oxygens (including phenoxy) is 2. The molecule has 0 heterocycles. The van der Waals surface area contributed by atoms with Crippen LogP contribution in [0.2, 0.25) is 0 Å². The zero-order valence-electron chi connectivity index (χ0n) is 17.0. The molecule has 0 amide bonds. The predicted molar refractivity (Wildman–Crippen MR) is 113 cm³/mol. The third kappa shape index (κ3) is 5.31. The number of hydrogen-bond donors (Lipinski definition) is 4. The number of hydrogen-bond acceptors (Lipinski definition) is 8. The van der Waals surface area contributed by atoms with E-state index in [0.717, 1.165) is 0 Å². The van der Waals surface area contributed by atoms with Gasteiger partial charge in [-0.3, -0.25) is 0 Å². The van der Waals surface area contributed by atoms with Gasteiger partial charge in [-0.1, -0.05) is 0 Å². The fourth-order valence-corrected chi connectivity index (χ4v) is 4.71. The van der Waals surface area contributed by atoms with Gasteiger partial charge in [0.05, 0.1) is 49.3 Å². The average molecular weight is 425 g/mol. The van der Waals surface area contributed by atoms with Crippen LogP contribution in [-0.4, -0.2) is 44.4 Å². The van der Waals surface area contributed by atoms with Crippen LogP contribution in [0, 0.1) is 13.8 Å². The molecule has 2 rings (SSSR count). The molecule has 0 saturated heterocycles. The second-order valence-electron chi connectivity index (χ2n) is 7.01. The monoisotopic (exact) mass is 424 g/mol. The van der Waals surface area contributed by atoms with E-state index >= 15 is 0 Å². The second kappa shape index (κ2) is 8.89. The number of anilines is 2. The minimum absolute atomic E-state index is 0.353. The number of sulfone groups is 1. The first kappa shape index (κ1) is 22.8. The first-order valence-electron chi connectivity index (χ1n) is 8.93. The van der Waals surface area contributed by atoms with E-state index in [4.69, 9.17) is 20.9 Å². The van der Waals surface area contributed by atoms with Crippen LogP contribution in [0.5, 0.6) is 11.5 Å². The Kier molecular flexibility index (Phi) is 6.99. The summed E-state index contributed by atoms with van der Waals surface area (Å²) < 4.78 is 35.5. The SMILES string of the molecule is COc1cc(C(O)CS(=O)(=O)CC(O)c2cc(OC)c(N)cc2C)c(C)cc1N. The molecule has 0 saturated carbocycles. The average Bonchev–Trinajstić information content (AvgIpc) is 2.60. The largest absolute Gasteiger partial charge is 0.495 e. The van der Waals surface area contributed by atoms with Crippen molar-refractivity contribution in [1.82, 2.24) is 0 Å². The molecule has 8 nitrogen and oxygen atoms in total. The van der Waals surface area contributed by atoms with Crippen LogP contribution in [-0.2, 0) is 9.84 Å². The molecule has 2 atom stereocenters. The highest BCUT2D eigenvalue weighted by molar-refractivity contribution is 7.91. The van der Waals surface area contributed by atoms with E-state index in [0.29, 0.717) is 45.1 Å². The summed E-state index contributed by atoms with van der Waals surface area (Å²) in [5.74, 6) is -0.398. The van der Waals surface area contributed by atoms with Gasteiger partial charge in [-0.15, -0.1) is 0 Å². The summed E-state index contributed by atoms with van der Waals surface area (Å²) in [6.07, 6.45) is -2.58. The van der Waals surface area contributed by atoms with Gasteiger partial charge in [-0.25, -0.2) is 8.42 Å². The van der Waals surface area contributed by atoms with Crippen LogP contribution in [0.25, 0.3) is 0 Å². The summed E-state index contributed by atoms with van der Waals surface area (Å²) in [5, 5.41) is 21.0. The fourth-order valence-electron chi connectivity index (χ4n) is 3.25. The molecule has 0 fully saturated rings. The molecule has 0 radical (unpaired) electrons. The van der Waals surface area contributed by atoms with Gasteiger partial charge in [0, 0.05) is 0 Å². The molecule has 6 N–H and O–H groups in total. The lowest BCUT2D eigenvalue weighted by Gasteiger charge is -2.19. The van der Waals surface area contributed by atoms with Gasteiger partial charge in [-0.2, -0.15) is 0 Å². The summed E-state index contributed by atoms with van der Waals surface area (Å²) in [5.41, 5.74) is 14.5. The van der Waals surface area contributed by atoms with Crippen LogP contribution in [0.15, 0.2) is 24.3 Å². The molecule has 29 heavy (non-hydrogen) atoms. The minimum Gasteiger partial charge on any atom is -0.495 e. The summed E-state index contributed by atoms with van der Waals surface area (Å²) in [7, 11) is -0.937. The molecule has 2 aromatic rings. The van der Waals surface area contributed by atoms with Gasteiger partial charge in [-0.05, 0) is 60.4 Å². The molecule has 9 heteroatoms. The van der Waals surface area contributed by atoms with Crippen molar-refractivity contribution < 1.29 is 28.1 Å². The standard InChI is InChI=1S/C20H28N2O6S/c1-11-5-15(21)19(27-3)7-13(11)17(23)9-29(25,26)10-18(24)14-8-20(28-4)16(22)6-12(14)2/h5-8,17-18,23-24H,9-10,21-22H2,1-4H3. The highest BCUT2D eigenvalue weighted by Gasteiger charge is 2.26. The third-order valence-electron chi connectivity index (χ3n) is 4.78. The molecule has 0 aliphatic rings. The number of methoxy groups -OCH3 is 2. The maximum Gasteiger partial charge on any atom is 0.156 e. The summed E-state index contributed by atoms with van der Waals surface area (Å²) >= 11 is 0. The summed E-state index contributed by atoms with van der Waals surface area (Å²) in [4.78, 5) is 0. The smallest absolute Gasteiger partial charge is 0.156 e. The van der Waals surface area contributed by atoms with E-state index in [-0.39, 0.29) is 0 Å². The van der Waals surface area contributed by atoms with Crippen molar-refractivity contribution in [2.24, 2.45) is 0 Å². The number of nitrogens with two attached hydrogens (primary N) is 2. The second-order valence-corrected chi connectivity index (χ2v) is 9.16. The lowest BCUT2D eigenvalue weighted by Crippen LogP contribution is -2.22. The number of aliphatic hydroxyl groups excluding tert-OH is 2. The van der Waals surface area contributed by atoms with Crippen molar-refractivity contribution in [3.8, 4) is 11.5 Å². The molecular formula is C20H28N2O6S. The van der Waals surface area contributed by atoms with Crippen molar-refractivity contribution in [3.63, 3.8) is 0 Å². The van der Waals surface area contributed by atoms with Gasteiger partial charge in [0.25, 0.3) is 0 Å². The van der Waals surface area contributed by atoms with E-state index in [1.165, 1.54) is 26.4 Å². The van der Waals surface area contributed by atoms with Gasteiger partial charge < -0.3 is 31.2 Å². The maximum absolute atomic E-state index is 12.6. The Hall–Kier alpha value is -2.49. The Morgan fingerprint density at radius 3 is 1.48 bits per heavy atom. The van der Waals surface area contributed by atoms with E-state index in [1.807, 2.05) is 0 Å². The van der Waals surface area contributed by atoms with Crippen molar-refractivity contribution in [2.45, 2.75) is 26.1 Å². The van der Waals surface area contributed by atoms with Crippen LogP contribution in [0.3, 0.4) is 0 Å². The fraction of sp³-hybridized carbons (Fsp3) is 0.400. The third-order valence-corrected chi connectivity index (χ3v) is 6.43. The van der Waals surface area contributed by atoms with Crippen LogP contribution >= 0.6 is 0 Å². The number of aryl methyl sites for hydroxylation is 2. The molecule has 160 valence electrons. The minimum atomic E-state index is -3.81. The van der Waals surface area contributed by atoms with Crippen LogP contribution in [0.1, 0.15) is 34.5 Å². The van der Waals surface area contributed by atoms with Crippen LogP contribution < -0.4 is 20.9 Å². The zero-order valence-corrected chi connectivity index (χ0v) is 17.8. The van der Waals surface area contributed by atoms with Crippen molar-refractivity contribution in [2.75, 3.05) is 37.2 Å². The molecule has 0 bridgehead atoms. The van der Waals surface area contributed by atoms with Crippen molar-refractivity contribution in [1.29, 1.82) is 0 Å². The maximum atomic E-state index is 12.6. The Morgan fingerprint density at radius 1 is 0.828 bits per heavy atom. The van der Waals surface area contributed by atoms with E-state index in [9.17, 15) is 18.6 Å². The Bertz CT molecular complexity index is 917. The number of rotatable bonds is 8.